The minimum atomic E-state index is -0.350. The highest BCUT2D eigenvalue weighted by molar-refractivity contribution is 5.91. The number of halogens is 1. The van der Waals surface area contributed by atoms with E-state index >= 15 is 0 Å². The molecular formula is C21H20FN3O. The molecule has 0 bridgehead atoms. The molecule has 0 saturated heterocycles. The van der Waals surface area contributed by atoms with Crippen molar-refractivity contribution in [1.82, 2.24) is 4.98 Å². The molecule has 0 atom stereocenters. The first-order valence-electron chi connectivity index (χ1n) is 8.38. The zero-order chi connectivity index (χ0) is 18.4. The van der Waals surface area contributed by atoms with Gasteiger partial charge in [0.15, 0.2) is 0 Å². The van der Waals surface area contributed by atoms with Crippen LogP contribution in [0.25, 0.3) is 0 Å². The number of anilines is 2. The van der Waals surface area contributed by atoms with Crippen LogP contribution in [0.2, 0.25) is 0 Å². The van der Waals surface area contributed by atoms with Crippen LogP contribution in [0.5, 0.6) is 0 Å². The molecule has 0 aliphatic carbocycles. The minimum Gasteiger partial charge on any atom is -0.380 e. The number of carbonyl (C=O) groups excluding carboxylic acids is 1. The molecule has 2 N–H and O–H groups in total. The average Bonchev–Trinajstić information content (AvgIpc) is 2.62. The van der Waals surface area contributed by atoms with Gasteiger partial charge >= 0.3 is 0 Å². The fourth-order valence-electron chi connectivity index (χ4n) is 2.50. The van der Waals surface area contributed by atoms with Crippen LogP contribution in [0.15, 0.2) is 66.9 Å². The van der Waals surface area contributed by atoms with Crippen molar-refractivity contribution in [3.05, 3.63) is 89.4 Å². The normalized spacial score (nSPS) is 10.4. The Morgan fingerprint density at radius 1 is 1.04 bits per heavy atom. The van der Waals surface area contributed by atoms with E-state index in [0.717, 1.165) is 5.69 Å². The number of carbonyl (C=O) groups is 1. The van der Waals surface area contributed by atoms with Crippen molar-refractivity contribution in [3.63, 3.8) is 0 Å². The first-order chi connectivity index (χ1) is 12.6. The van der Waals surface area contributed by atoms with Gasteiger partial charge in [-0.2, -0.15) is 0 Å². The van der Waals surface area contributed by atoms with Crippen molar-refractivity contribution in [2.45, 2.75) is 19.9 Å². The Hall–Kier alpha value is -3.21. The number of aromatic nitrogens is 1. The van der Waals surface area contributed by atoms with E-state index in [0.29, 0.717) is 17.9 Å². The van der Waals surface area contributed by atoms with E-state index < -0.39 is 0 Å². The average molecular weight is 349 g/mol. The van der Waals surface area contributed by atoms with Gasteiger partial charge in [0.25, 0.3) is 0 Å². The minimum absolute atomic E-state index is 0.104. The zero-order valence-electron chi connectivity index (χ0n) is 14.5. The molecule has 1 heterocycles. The molecule has 0 radical (unpaired) electrons. The number of hydrogen-bond acceptors (Lipinski definition) is 3. The summed E-state index contributed by atoms with van der Waals surface area (Å²) in [5.74, 6) is -0.117. The number of pyridine rings is 1. The van der Waals surface area contributed by atoms with Gasteiger partial charge in [0.2, 0.25) is 5.91 Å². The summed E-state index contributed by atoms with van der Waals surface area (Å²) in [6.45, 7) is 2.76. The molecule has 0 spiro atoms. The van der Waals surface area contributed by atoms with Crippen molar-refractivity contribution in [2.24, 2.45) is 0 Å². The van der Waals surface area contributed by atoms with Gasteiger partial charge in [-0.05, 0) is 42.3 Å². The molecule has 3 rings (SSSR count). The molecule has 4 nitrogen and oxygen atoms in total. The molecule has 3 aromatic rings. The second-order valence-electron chi connectivity index (χ2n) is 6.13. The highest BCUT2D eigenvalue weighted by Crippen LogP contribution is 2.13. The molecule has 132 valence electrons. The van der Waals surface area contributed by atoms with Crippen LogP contribution in [-0.4, -0.2) is 10.9 Å². The van der Waals surface area contributed by atoms with E-state index in [9.17, 15) is 9.18 Å². The number of hydrogen-bond donors (Lipinski definition) is 2. The van der Waals surface area contributed by atoms with E-state index in [2.05, 4.69) is 46.8 Å². The smallest absolute Gasteiger partial charge is 0.229 e. The molecule has 1 aromatic heterocycles. The summed E-state index contributed by atoms with van der Waals surface area (Å²) in [7, 11) is 0. The molecule has 2 aromatic carbocycles. The molecular weight excluding hydrogens is 329 g/mol. The van der Waals surface area contributed by atoms with Gasteiger partial charge in [-0.15, -0.1) is 0 Å². The number of aryl methyl sites for hydroxylation is 1. The molecule has 0 saturated carbocycles. The number of nitrogens with zero attached hydrogens (tertiary/aromatic N) is 1. The molecule has 5 heteroatoms. The molecule has 0 aliphatic rings. The highest BCUT2D eigenvalue weighted by atomic mass is 19.1. The van der Waals surface area contributed by atoms with Gasteiger partial charge in [-0.25, -0.2) is 9.37 Å². The first-order valence-corrected chi connectivity index (χ1v) is 8.38. The van der Waals surface area contributed by atoms with Gasteiger partial charge < -0.3 is 10.6 Å². The van der Waals surface area contributed by atoms with Crippen LogP contribution in [0.1, 0.15) is 16.7 Å². The fourth-order valence-corrected chi connectivity index (χ4v) is 2.50. The van der Waals surface area contributed by atoms with Crippen molar-refractivity contribution < 1.29 is 9.18 Å². The van der Waals surface area contributed by atoms with Gasteiger partial charge in [0, 0.05) is 6.54 Å². The van der Waals surface area contributed by atoms with E-state index in [-0.39, 0.29) is 18.1 Å². The van der Waals surface area contributed by atoms with Gasteiger partial charge in [0.1, 0.15) is 11.6 Å². The van der Waals surface area contributed by atoms with Crippen molar-refractivity contribution in [2.75, 3.05) is 10.6 Å². The van der Waals surface area contributed by atoms with Crippen LogP contribution in [0.4, 0.5) is 15.9 Å². The lowest BCUT2D eigenvalue weighted by Gasteiger charge is -2.08. The van der Waals surface area contributed by atoms with Gasteiger partial charge in [0.05, 0.1) is 18.3 Å². The molecule has 0 aliphatic heterocycles. The summed E-state index contributed by atoms with van der Waals surface area (Å²) in [6, 6.07) is 17.9. The summed E-state index contributed by atoms with van der Waals surface area (Å²) < 4.78 is 13.2. The quantitative estimate of drug-likeness (QED) is 0.697. The Morgan fingerprint density at radius 2 is 1.85 bits per heavy atom. The van der Waals surface area contributed by atoms with Gasteiger partial charge in [-0.3, -0.25) is 4.79 Å². The topological polar surface area (TPSA) is 54.0 Å². The molecule has 26 heavy (non-hydrogen) atoms. The largest absolute Gasteiger partial charge is 0.380 e. The SMILES string of the molecule is Cc1ccc(CNc2ccc(NC(=O)Cc3cccc(F)c3)nc2)cc1. The zero-order valence-corrected chi connectivity index (χ0v) is 14.5. The standard InChI is InChI=1S/C21H20FN3O/c1-15-5-7-16(8-6-15)13-23-19-9-10-20(24-14-19)25-21(26)12-17-3-2-4-18(22)11-17/h2-11,14,23H,12-13H2,1H3,(H,24,25,26). The van der Waals surface area contributed by atoms with E-state index in [1.807, 2.05) is 6.07 Å². The lowest BCUT2D eigenvalue weighted by atomic mass is 10.1. The maximum absolute atomic E-state index is 13.2. The maximum Gasteiger partial charge on any atom is 0.229 e. The van der Waals surface area contributed by atoms with E-state index in [1.165, 1.54) is 23.3 Å². The highest BCUT2D eigenvalue weighted by Gasteiger charge is 2.06. The number of benzene rings is 2. The van der Waals surface area contributed by atoms with E-state index in [4.69, 9.17) is 0 Å². The third-order valence-electron chi connectivity index (χ3n) is 3.90. The third kappa shape index (κ3) is 5.14. The van der Waals surface area contributed by atoms with Gasteiger partial charge in [-0.1, -0.05) is 42.0 Å². The summed E-state index contributed by atoms with van der Waals surface area (Å²) in [5, 5.41) is 6.01. The Morgan fingerprint density at radius 3 is 2.54 bits per heavy atom. The van der Waals surface area contributed by atoms with Crippen LogP contribution >= 0.6 is 0 Å². The molecule has 0 fully saturated rings. The first kappa shape index (κ1) is 17.6. The van der Waals surface area contributed by atoms with Crippen LogP contribution in [-0.2, 0) is 17.8 Å². The number of amides is 1. The monoisotopic (exact) mass is 349 g/mol. The Labute approximate surface area is 152 Å². The van der Waals surface area contributed by atoms with Crippen LogP contribution in [0.3, 0.4) is 0 Å². The Kier molecular flexibility index (Phi) is 5.59. The molecule has 0 unspecified atom stereocenters. The maximum atomic E-state index is 13.2. The number of nitrogens with one attached hydrogen (secondary N) is 2. The Bertz CT molecular complexity index is 877. The lowest BCUT2D eigenvalue weighted by Crippen LogP contribution is -2.15. The summed E-state index contributed by atoms with van der Waals surface area (Å²) in [6.07, 6.45) is 1.78. The van der Waals surface area contributed by atoms with Crippen molar-refractivity contribution >= 4 is 17.4 Å². The summed E-state index contributed by atoms with van der Waals surface area (Å²) in [5.41, 5.74) is 3.91. The Balaban J connectivity index is 1.52. The third-order valence-corrected chi connectivity index (χ3v) is 3.90. The van der Waals surface area contributed by atoms with Crippen LogP contribution in [0, 0.1) is 12.7 Å². The fraction of sp³-hybridized carbons (Fsp3) is 0.143. The van der Waals surface area contributed by atoms with Crippen LogP contribution < -0.4 is 10.6 Å². The summed E-state index contributed by atoms with van der Waals surface area (Å²) in [4.78, 5) is 16.3. The second kappa shape index (κ2) is 8.25. The lowest BCUT2D eigenvalue weighted by molar-refractivity contribution is -0.115. The van der Waals surface area contributed by atoms with Crippen molar-refractivity contribution in [1.29, 1.82) is 0 Å². The summed E-state index contributed by atoms with van der Waals surface area (Å²) >= 11 is 0. The second-order valence-corrected chi connectivity index (χ2v) is 6.13. The predicted molar refractivity (Wildman–Crippen MR) is 101 cm³/mol. The number of rotatable bonds is 6. The predicted octanol–water partition coefficient (Wildman–Crippen LogP) is 4.32. The molecule has 1 amide bonds. The van der Waals surface area contributed by atoms with Crippen molar-refractivity contribution in [3.8, 4) is 0 Å². The van der Waals surface area contributed by atoms with E-state index in [1.54, 1.807) is 24.4 Å².